The van der Waals surface area contributed by atoms with Gasteiger partial charge in [-0.05, 0) is 47.9 Å². The fraction of sp³-hybridized carbons (Fsp3) is 0.263. The molecule has 0 aliphatic carbocycles. The van der Waals surface area contributed by atoms with Crippen molar-refractivity contribution in [1.82, 2.24) is 0 Å². The van der Waals surface area contributed by atoms with Crippen molar-refractivity contribution in [2.75, 3.05) is 6.61 Å². The smallest absolute Gasteiger partial charge is 0.387 e. The molecule has 2 rings (SSSR count). The van der Waals surface area contributed by atoms with Crippen molar-refractivity contribution in [3.8, 4) is 5.75 Å². The molecule has 0 atom stereocenters. The van der Waals surface area contributed by atoms with Crippen LogP contribution in [0.25, 0.3) is 0 Å². The summed E-state index contributed by atoms with van der Waals surface area (Å²) in [6, 6.07) is 12.2. The maximum Gasteiger partial charge on any atom is 0.387 e. The molecule has 2 aromatic rings. The molecule has 0 amide bonds. The fourth-order valence-corrected chi connectivity index (χ4v) is 2.12. The molecule has 0 unspecified atom stereocenters. The summed E-state index contributed by atoms with van der Waals surface area (Å²) >= 11 is 0. The van der Waals surface area contributed by atoms with Crippen molar-refractivity contribution in [1.29, 1.82) is 0 Å². The Morgan fingerprint density at radius 3 is 2.00 bits per heavy atom. The Hall–Kier alpha value is -2.76. The highest BCUT2D eigenvalue weighted by Crippen LogP contribution is 2.17. The molecular weight excluding hydrogens is 330 g/mol. The first-order valence-corrected chi connectivity index (χ1v) is 7.72. The molecule has 0 N–H and O–H groups in total. The van der Waals surface area contributed by atoms with E-state index in [9.17, 15) is 18.4 Å². The number of Topliss-reactive ketones (excluding diaryl/α,β-unsaturated/α-hetero) is 1. The van der Waals surface area contributed by atoms with Gasteiger partial charge in [0.15, 0.2) is 12.4 Å². The largest absolute Gasteiger partial charge is 0.454 e. The van der Waals surface area contributed by atoms with Crippen molar-refractivity contribution < 1.29 is 27.8 Å². The van der Waals surface area contributed by atoms with Crippen LogP contribution >= 0.6 is 0 Å². The maximum absolute atomic E-state index is 12.1. The van der Waals surface area contributed by atoms with Crippen LogP contribution in [0.5, 0.6) is 5.75 Å². The number of carbonyl (C=O) groups excluding carboxylic acids is 2. The normalized spacial score (nSPS) is 10.8. The molecule has 0 heterocycles. The van der Waals surface area contributed by atoms with Gasteiger partial charge in [0, 0.05) is 5.56 Å². The fourth-order valence-electron chi connectivity index (χ4n) is 2.12. The van der Waals surface area contributed by atoms with Crippen molar-refractivity contribution in [3.05, 3.63) is 65.2 Å². The second-order valence-electron chi connectivity index (χ2n) is 5.68. The molecule has 0 aliphatic heterocycles. The third-order valence-electron chi connectivity index (χ3n) is 3.55. The van der Waals surface area contributed by atoms with Gasteiger partial charge in [0.2, 0.25) is 0 Å². The zero-order valence-electron chi connectivity index (χ0n) is 13.9. The van der Waals surface area contributed by atoms with Gasteiger partial charge >= 0.3 is 12.6 Å². The van der Waals surface area contributed by atoms with Crippen molar-refractivity contribution >= 4 is 11.8 Å². The van der Waals surface area contributed by atoms with Gasteiger partial charge in [-0.25, -0.2) is 4.79 Å². The van der Waals surface area contributed by atoms with Crippen molar-refractivity contribution in [3.63, 3.8) is 0 Å². The zero-order chi connectivity index (χ0) is 18.4. The molecule has 25 heavy (non-hydrogen) atoms. The number of hydrogen-bond acceptors (Lipinski definition) is 4. The molecule has 0 bridgehead atoms. The van der Waals surface area contributed by atoms with E-state index in [0.29, 0.717) is 11.5 Å². The molecule has 4 nitrogen and oxygen atoms in total. The number of ether oxygens (including phenoxy) is 2. The van der Waals surface area contributed by atoms with E-state index in [0.717, 1.165) is 5.56 Å². The minimum absolute atomic E-state index is 0.0474. The molecule has 0 fully saturated rings. The monoisotopic (exact) mass is 348 g/mol. The lowest BCUT2D eigenvalue weighted by molar-refractivity contribution is -0.0498. The van der Waals surface area contributed by atoms with Crippen LogP contribution < -0.4 is 4.74 Å². The number of halogens is 2. The second kappa shape index (κ2) is 8.37. The second-order valence-corrected chi connectivity index (χ2v) is 5.68. The quantitative estimate of drug-likeness (QED) is 0.548. The van der Waals surface area contributed by atoms with Gasteiger partial charge in [0.25, 0.3) is 0 Å². The summed E-state index contributed by atoms with van der Waals surface area (Å²) in [7, 11) is 0. The van der Waals surface area contributed by atoms with E-state index < -0.39 is 25.0 Å². The van der Waals surface area contributed by atoms with Gasteiger partial charge in [0.1, 0.15) is 5.75 Å². The Bertz CT molecular complexity index is 722. The molecule has 0 saturated heterocycles. The predicted molar refractivity (Wildman–Crippen MR) is 88.2 cm³/mol. The number of carbonyl (C=O) groups is 2. The highest BCUT2D eigenvalue weighted by Gasteiger charge is 2.13. The third-order valence-corrected chi connectivity index (χ3v) is 3.55. The van der Waals surface area contributed by atoms with Gasteiger partial charge < -0.3 is 9.47 Å². The minimum atomic E-state index is -2.93. The van der Waals surface area contributed by atoms with Crippen molar-refractivity contribution in [2.24, 2.45) is 0 Å². The molecule has 0 aromatic heterocycles. The Morgan fingerprint density at radius 2 is 1.48 bits per heavy atom. The van der Waals surface area contributed by atoms with Crippen LogP contribution in [-0.4, -0.2) is 25.0 Å². The van der Waals surface area contributed by atoms with Crippen LogP contribution in [0.4, 0.5) is 8.78 Å². The summed E-state index contributed by atoms with van der Waals surface area (Å²) in [4.78, 5) is 24.0. The van der Waals surface area contributed by atoms with Gasteiger partial charge in [-0.3, -0.25) is 4.79 Å². The predicted octanol–water partition coefficient (Wildman–Crippen LogP) is 4.45. The molecule has 132 valence electrons. The Balaban J connectivity index is 1.91. The molecule has 0 aliphatic rings. The van der Waals surface area contributed by atoms with Gasteiger partial charge in [0.05, 0.1) is 5.56 Å². The van der Waals surface area contributed by atoms with Crippen LogP contribution in [-0.2, 0) is 4.74 Å². The van der Waals surface area contributed by atoms with E-state index in [1.165, 1.54) is 24.3 Å². The number of alkyl halides is 2. The topological polar surface area (TPSA) is 52.6 Å². The minimum Gasteiger partial charge on any atom is -0.454 e. The summed E-state index contributed by atoms with van der Waals surface area (Å²) in [6.45, 7) is 0.733. The molecule has 0 saturated carbocycles. The molecule has 0 radical (unpaired) electrons. The average molecular weight is 348 g/mol. The van der Waals surface area contributed by atoms with E-state index >= 15 is 0 Å². The van der Waals surface area contributed by atoms with Crippen molar-refractivity contribution in [2.45, 2.75) is 26.4 Å². The standard InChI is InChI=1S/C19H18F2O4/c1-12(2)13-3-5-15(6-4-13)18(23)24-11-17(22)14-7-9-16(10-8-14)25-19(20)21/h3-10,12,19H,11H2,1-2H3. The first-order chi connectivity index (χ1) is 11.9. The Kier molecular flexibility index (Phi) is 6.22. The summed E-state index contributed by atoms with van der Waals surface area (Å²) in [5, 5.41) is 0. The average Bonchev–Trinajstić information content (AvgIpc) is 2.59. The highest BCUT2D eigenvalue weighted by molar-refractivity contribution is 5.99. The lowest BCUT2D eigenvalue weighted by atomic mass is 10.0. The van der Waals surface area contributed by atoms with Gasteiger partial charge in [-0.15, -0.1) is 0 Å². The summed E-state index contributed by atoms with van der Waals surface area (Å²) in [5.74, 6) is -0.727. The maximum atomic E-state index is 12.1. The molecule has 6 heteroatoms. The lowest BCUT2D eigenvalue weighted by Gasteiger charge is -2.08. The number of benzene rings is 2. The molecule has 0 spiro atoms. The summed E-state index contributed by atoms with van der Waals surface area (Å²) < 4.78 is 33.3. The Labute approximate surface area is 144 Å². The highest BCUT2D eigenvalue weighted by atomic mass is 19.3. The van der Waals surface area contributed by atoms with E-state index in [-0.39, 0.29) is 11.3 Å². The first-order valence-electron chi connectivity index (χ1n) is 7.72. The number of ketones is 1. The SMILES string of the molecule is CC(C)c1ccc(C(=O)OCC(=O)c2ccc(OC(F)F)cc2)cc1. The summed E-state index contributed by atoms with van der Waals surface area (Å²) in [5.41, 5.74) is 1.70. The van der Waals surface area contributed by atoms with Crippen LogP contribution in [0, 0.1) is 0 Å². The van der Waals surface area contributed by atoms with Crippen LogP contribution in [0.2, 0.25) is 0 Å². The summed E-state index contributed by atoms with van der Waals surface area (Å²) in [6.07, 6.45) is 0. The van der Waals surface area contributed by atoms with Gasteiger partial charge in [-0.1, -0.05) is 26.0 Å². The van der Waals surface area contributed by atoms with E-state index in [4.69, 9.17) is 4.74 Å². The Morgan fingerprint density at radius 1 is 0.920 bits per heavy atom. The number of rotatable bonds is 7. The first kappa shape index (κ1) is 18.6. The molecular formula is C19H18F2O4. The van der Waals surface area contributed by atoms with Crippen LogP contribution in [0.1, 0.15) is 46.0 Å². The number of esters is 1. The van der Waals surface area contributed by atoms with Crippen LogP contribution in [0.3, 0.4) is 0 Å². The van der Waals surface area contributed by atoms with E-state index in [1.807, 2.05) is 26.0 Å². The van der Waals surface area contributed by atoms with Gasteiger partial charge in [-0.2, -0.15) is 8.78 Å². The van der Waals surface area contributed by atoms with E-state index in [1.54, 1.807) is 12.1 Å². The number of hydrogen-bond donors (Lipinski definition) is 0. The lowest BCUT2D eigenvalue weighted by Crippen LogP contribution is -2.14. The third kappa shape index (κ3) is 5.38. The zero-order valence-corrected chi connectivity index (χ0v) is 13.9. The molecule has 2 aromatic carbocycles. The van der Waals surface area contributed by atoms with Crippen LogP contribution in [0.15, 0.2) is 48.5 Å². The van der Waals surface area contributed by atoms with E-state index in [2.05, 4.69) is 4.74 Å².